The normalized spacial score (nSPS) is 13.0. The Kier molecular flexibility index (Phi) is 5.53. The van der Waals surface area contributed by atoms with Crippen LogP contribution >= 0.6 is 27.3 Å². The number of nitrogens with one attached hydrogen (secondary N) is 1. The smallest absolute Gasteiger partial charge is 0.257 e. The highest BCUT2D eigenvalue weighted by molar-refractivity contribution is 9.10. The van der Waals surface area contributed by atoms with Gasteiger partial charge < -0.3 is 11.1 Å². The predicted octanol–water partition coefficient (Wildman–Crippen LogP) is 5.96. The molecule has 2 aromatic carbocycles. The third-order valence-corrected chi connectivity index (χ3v) is 7.48. The summed E-state index contributed by atoms with van der Waals surface area (Å²) in [5.74, 6) is -0.766. The van der Waals surface area contributed by atoms with Crippen molar-refractivity contribution in [2.45, 2.75) is 25.7 Å². The first kappa shape index (κ1) is 20.8. The van der Waals surface area contributed by atoms with Crippen LogP contribution in [-0.4, -0.2) is 16.8 Å². The molecule has 0 unspecified atom stereocenters. The number of thiophene rings is 1. The molecule has 0 spiro atoms. The van der Waals surface area contributed by atoms with Gasteiger partial charge in [-0.1, -0.05) is 46.3 Å². The van der Waals surface area contributed by atoms with Crippen LogP contribution in [0.3, 0.4) is 0 Å². The Morgan fingerprint density at radius 2 is 1.78 bits per heavy atom. The zero-order valence-electron chi connectivity index (χ0n) is 17.2. The molecule has 32 heavy (non-hydrogen) atoms. The van der Waals surface area contributed by atoms with Crippen molar-refractivity contribution in [3.05, 3.63) is 80.6 Å². The minimum absolute atomic E-state index is 0.275. The van der Waals surface area contributed by atoms with E-state index in [1.165, 1.54) is 11.3 Å². The van der Waals surface area contributed by atoms with Crippen molar-refractivity contribution in [2.75, 3.05) is 5.32 Å². The monoisotopic (exact) mass is 505 g/mol. The summed E-state index contributed by atoms with van der Waals surface area (Å²) >= 11 is 4.92. The lowest BCUT2D eigenvalue weighted by Crippen LogP contribution is -2.19. The van der Waals surface area contributed by atoms with Crippen LogP contribution in [0.25, 0.3) is 22.2 Å². The number of aromatic nitrogens is 1. The van der Waals surface area contributed by atoms with E-state index in [2.05, 4.69) is 21.2 Å². The third-order valence-electron chi connectivity index (χ3n) is 5.75. The second-order valence-corrected chi connectivity index (χ2v) is 9.83. The lowest BCUT2D eigenvalue weighted by molar-refractivity contribution is 0.100. The first-order valence-electron chi connectivity index (χ1n) is 10.4. The van der Waals surface area contributed by atoms with E-state index in [0.29, 0.717) is 21.8 Å². The van der Waals surface area contributed by atoms with Crippen LogP contribution in [0.2, 0.25) is 0 Å². The van der Waals surface area contributed by atoms with Crippen LogP contribution in [0, 0.1) is 0 Å². The minimum atomic E-state index is -0.491. The van der Waals surface area contributed by atoms with Crippen molar-refractivity contribution in [1.29, 1.82) is 0 Å². The van der Waals surface area contributed by atoms with Crippen molar-refractivity contribution >= 4 is 55.0 Å². The number of carbonyl (C=O) groups excluding carboxylic acids is 2. The summed E-state index contributed by atoms with van der Waals surface area (Å²) in [7, 11) is 0. The van der Waals surface area contributed by atoms with Gasteiger partial charge in [0.1, 0.15) is 5.00 Å². The SMILES string of the molecule is NC(=O)c1c(NC(=O)c2cc(-c3ccc(Br)cc3)nc3ccccc23)sc2c1CCCC2. The zero-order chi connectivity index (χ0) is 22.2. The topological polar surface area (TPSA) is 85.1 Å². The van der Waals surface area contributed by atoms with E-state index in [4.69, 9.17) is 10.7 Å². The fraction of sp³-hybridized carbons (Fsp3) is 0.160. The highest BCUT2D eigenvalue weighted by Gasteiger charge is 2.26. The van der Waals surface area contributed by atoms with Gasteiger partial charge in [0, 0.05) is 20.3 Å². The van der Waals surface area contributed by atoms with Crippen LogP contribution in [-0.2, 0) is 12.8 Å². The summed E-state index contributed by atoms with van der Waals surface area (Å²) in [6.45, 7) is 0. The van der Waals surface area contributed by atoms with Gasteiger partial charge in [-0.15, -0.1) is 11.3 Å². The van der Waals surface area contributed by atoms with Crippen molar-refractivity contribution in [2.24, 2.45) is 5.73 Å². The molecule has 5 rings (SSSR count). The van der Waals surface area contributed by atoms with Gasteiger partial charge in [0.25, 0.3) is 11.8 Å². The molecule has 0 atom stereocenters. The van der Waals surface area contributed by atoms with Crippen LogP contribution in [0.4, 0.5) is 5.00 Å². The Balaban J connectivity index is 1.59. The number of hydrogen-bond donors (Lipinski definition) is 2. The molecule has 2 amide bonds. The number of benzene rings is 2. The Hall–Kier alpha value is -3.03. The summed E-state index contributed by atoms with van der Waals surface area (Å²) in [6.07, 6.45) is 3.86. The van der Waals surface area contributed by atoms with Crippen molar-refractivity contribution in [3.8, 4) is 11.3 Å². The number of fused-ring (bicyclic) bond motifs is 2. The second kappa shape index (κ2) is 8.48. The van der Waals surface area contributed by atoms with Crippen molar-refractivity contribution in [3.63, 3.8) is 0 Å². The molecule has 7 heteroatoms. The molecule has 0 fully saturated rings. The number of hydrogen-bond acceptors (Lipinski definition) is 4. The number of carbonyl (C=O) groups is 2. The number of aryl methyl sites for hydroxylation is 1. The number of pyridine rings is 1. The van der Waals surface area contributed by atoms with Gasteiger partial charge in [-0.2, -0.15) is 0 Å². The molecular formula is C25H20BrN3O2S. The Bertz CT molecular complexity index is 1360. The second-order valence-electron chi connectivity index (χ2n) is 7.81. The largest absolute Gasteiger partial charge is 0.365 e. The molecule has 5 nitrogen and oxygen atoms in total. The molecule has 0 saturated carbocycles. The van der Waals surface area contributed by atoms with Crippen molar-refractivity contribution in [1.82, 2.24) is 4.98 Å². The number of amides is 2. The minimum Gasteiger partial charge on any atom is -0.365 e. The summed E-state index contributed by atoms with van der Waals surface area (Å²) in [5, 5.41) is 4.29. The molecule has 0 aliphatic heterocycles. The summed E-state index contributed by atoms with van der Waals surface area (Å²) in [4.78, 5) is 31.6. The number of rotatable bonds is 4. The average Bonchev–Trinajstić information content (AvgIpc) is 3.16. The van der Waals surface area contributed by atoms with E-state index >= 15 is 0 Å². The van der Waals surface area contributed by atoms with Gasteiger partial charge in [0.05, 0.1) is 22.3 Å². The van der Waals surface area contributed by atoms with E-state index in [9.17, 15) is 9.59 Å². The Morgan fingerprint density at radius 1 is 1.03 bits per heavy atom. The van der Waals surface area contributed by atoms with Gasteiger partial charge in [-0.3, -0.25) is 9.59 Å². The zero-order valence-corrected chi connectivity index (χ0v) is 19.6. The molecule has 2 heterocycles. The van der Waals surface area contributed by atoms with Gasteiger partial charge in [-0.25, -0.2) is 4.98 Å². The maximum Gasteiger partial charge on any atom is 0.257 e. The number of nitrogens with zero attached hydrogens (tertiary/aromatic N) is 1. The molecule has 3 N–H and O–H groups in total. The molecule has 1 aliphatic rings. The van der Waals surface area contributed by atoms with E-state index in [1.807, 2.05) is 48.5 Å². The molecular weight excluding hydrogens is 486 g/mol. The summed E-state index contributed by atoms with van der Waals surface area (Å²) in [5.41, 5.74) is 10.0. The molecule has 0 bridgehead atoms. The number of nitrogens with two attached hydrogens (primary N) is 1. The van der Waals surface area contributed by atoms with Crippen LogP contribution in [0.1, 0.15) is 44.0 Å². The molecule has 2 aromatic heterocycles. The van der Waals surface area contributed by atoms with E-state index < -0.39 is 5.91 Å². The predicted molar refractivity (Wildman–Crippen MR) is 132 cm³/mol. The van der Waals surface area contributed by atoms with Gasteiger partial charge >= 0.3 is 0 Å². The quantitative estimate of drug-likeness (QED) is 0.359. The number of primary amides is 1. The Labute approximate surface area is 197 Å². The number of para-hydroxylation sites is 1. The maximum absolute atomic E-state index is 13.5. The number of halogens is 1. The number of anilines is 1. The van der Waals surface area contributed by atoms with Gasteiger partial charge in [0.15, 0.2) is 0 Å². The lowest BCUT2D eigenvalue weighted by Gasteiger charge is -2.12. The first-order valence-corrected chi connectivity index (χ1v) is 12.0. The highest BCUT2D eigenvalue weighted by Crippen LogP contribution is 2.38. The molecule has 4 aromatic rings. The summed E-state index contributed by atoms with van der Waals surface area (Å²) in [6, 6.07) is 17.2. The van der Waals surface area contributed by atoms with Crippen LogP contribution in [0.5, 0.6) is 0 Å². The molecule has 0 radical (unpaired) electrons. The van der Waals surface area contributed by atoms with E-state index in [1.54, 1.807) is 6.07 Å². The van der Waals surface area contributed by atoms with Crippen LogP contribution in [0.15, 0.2) is 59.1 Å². The molecule has 1 aliphatic carbocycles. The van der Waals surface area contributed by atoms with Crippen LogP contribution < -0.4 is 11.1 Å². The lowest BCUT2D eigenvalue weighted by atomic mass is 9.95. The average molecular weight is 506 g/mol. The summed E-state index contributed by atoms with van der Waals surface area (Å²) < 4.78 is 0.973. The molecule has 0 saturated heterocycles. The third kappa shape index (κ3) is 3.82. The highest BCUT2D eigenvalue weighted by atomic mass is 79.9. The van der Waals surface area contributed by atoms with Crippen molar-refractivity contribution < 1.29 is 9.59 Å². The fourth-order valence-electron chi connectivity index (χ4n) is 4.22. The van der Waals surface area contributed by atoms with Gasteiger partial charge in [-0.05, 0) is 55.5 Å². The van der Waals surface area contributed by atoms with E-state index in [-0.39, 0.29) is 5.91 Å². The maximum atomic E-state index is 13.5. The molecule has 160 valence electrons. The standard InChI is InChI=1S/C25H20BrN3O2S/c26-15-11-9-14(10-12-15)20-13-18(16-5-1-3-7-19(16)28-20)24(31)29-25-22(23(27)30)17-6-2-4-8-21(17)32-25/h1,3,5,7,9-13H,2,4,6,8H2,(H2,27,30)(H,29,31). The Morgan fingerprint density at radius 3 is 2.56 bits per heavy atom. The fourth-order valence-corrected chi connectivity index (χ4v) is 5.77. The first-order chi connectivity index (χ1) is 15.5. The van der Waals surface area contributed by atoms with E-state index in [0.717, 1.165) is 57.1 Å². The van der Waals surface area contributed by atoms with Gasteiger partial charge in [0.2, 0.25) is 0 Å².